The van der Waals surface area contributed by atoms with Gasteiger partial charge in [-0.15, -0.1) is 0 Å². The molecule has 5 heteroatoms. The normalized spacial score (nSPS) is 11.9. The fourth-order valence-corrected chi connectivity index (χ4v) is 5.23. The van der Waals surface area contributed by atoms with E-state index in [1.54, 1.807) is 12.3 Å². The number of aromatic nitrogens is 2. The lowest BCUT2D eigenvalue weighted by atomic mass is 10.1. The van der Waals surface area contributed by atoms with E-state index in [4.69, 9.17) is 4.99 Å². The van der Waals surface area contributed by atoms with Gasteiger partial charge in [0.2, 0.25) is 0 Å². The first-order valence-electron chi connectivity index (χ1n) is 12.5. The lowest BCUT2D eigenvalue weighted by Gasteiger charge is -2.08. The topological polar surface area (TPSA) is 50.4 Å². The first-order valence-corrected chi connectivity index (χ1v) is 13.3. The molecule has 0 saturated heterocycles. The van der Waals surface area contributed by atoms with E-state index in [2.05, 4.69) is 68.8 Å². The number of benzene rings is 3. The minimum Gasteiger partial charge on any atom is -0.506 e. The van der Waals surface area contributed by atoms with Gasteiger partial charge in [0.05, 0.1) is 5.69 Å². The number of pyridine rings is 1. The van der Waals surface area contributed by atoms with Crippen LogP contribution in [0.5, 0.6) is 5.75 Å². The summed E-state index contributed by atoms with van der Waals surface area (Å²) in [6, 6.07) is 20.4. The Labute approximate surface area is 214 Å². The highest BCUT2D eigenvalue weighted by atomic mass is 79.9. The number of aryl methyl sites for hydroxylation is 1. The zero-order valence-corrected chi connectivity index (χ0v) is 21.6. The highest BCUT2D eigenvalue weighted by Gasteiger charge is 2.12. The monoisotopic (exact) mass is 527 g/mol. The maximum atomic E-state index is 10.1. The van der Waals surface area contributed by atoms with Gasteiger partial charge in [0.15, 0.2) is 0 Å². The molecule has 1 N–H and O–H groups in total. The second kappa shape index (κ2) is 10.6. The second-order valence-corrected chi connectivity index (χ2v) is 10.0. The van der Waals surface area contributed by atoms with Crippen LogP contribution in [-0.4, -0.2) is 20.9 Å². The fourth-order valence-electron chi connectivity index (χ4n) is 4.86. The summed E-state index contributed by atoms with van der Waals surface area (Å²) < 4.78 is 3.56. The average Bonchev–Trinajstić information content (AvgIpc) is 3.18. The van der Waals surface area contributed by atoms with E-state index in [0.717, 1.165) is 27.7 Å². The van der Waals surface area contributed by atoms with Crippen molar-refractivity contribution in [2.45, 2.75) is 52.0 Å². The van der Waals surface area contributed by atoms with Crippen LogP contribution < -0.4 is 0 Å². The Bertz CT molecular complexity index is 1520. The molecule has 0 radical (unpaired) electrons. The van der Waals surface area contributed by atoms with Crippen LogP contribution in [0.15, 0.2) is 76.3 Å². The third-order valence-corrected chi connectivity index (χ3v) is 7.16. The van der Waals surface area contributed by atoms with E-state index in [0.29, 0.717) is 5.52 Å². The summed E-state index contributed by atoms with van der Waals surface area (Å²) in [5.74, 6) is 0.171. The Balaban J connectivity index is 1.47. The van der Waals surface area contributed by atoms with Crippen LogP contribution in [0.2, 0.25) is 0 Å². The third-order valence-electron chi connectivity index (χ3n) is 6.66. The molecule has 0 amide bonds. The molecule has 2 aromatic heterocycles. The number of halogens is 1. The van der Waals surface area contributed by atoms with Crippen molar-refractivity contribution in [3.63, 3.8) is 0 Å². The van der Waals surface area contributed by atoms with Gasteiger partial charge in [-0.1, -0.05) is 61.0 Å². The zero-order valence-electron chi connectivity index (χ0n) is 20.0. The zero-order chi connectivity index (χ0) is 24.2. The molecule has 0 atom stereocenters. The van der Waals surface area contributed by atoms with Crippen LogP contribution in [0.1, 0.15) is 51.0 Å². The lowest BCUT2D eigenvalue weighted by Crippen LogP contribution is -1.98. The molecule has 0 aliphatic heterocycles. The van der Waals surface area contributed by atoms with Crippen LogP contribution in [0.25, 0.3) is 32.7 Å². The Hall–Kier alpha value is -3.18. The van der Waals surface area contributed by atoms with E-state index in [-0.39, 0.29) is 5.75 Å². The summed E-state index contributed by atoms with van der Waals surface area (Å²) in [6.07, 6.45) is 11.3. The summed E-state index contributed by atoms with van der Waals surface area (Å²) in [6.45, 7) is 3.30. The molecule has 3 aromatic carbocycles. The van der Waals surface area contributed by atoms with Crippen molar-refractivity contribution in [3.8, 4) is 5.75 Å². The van der Waals surface area contributed by atoms with Gasteiger partial charge >= 0.3 is 0 Å². The van der Waals surface area contributed by atoms with Crippen molar-refractivity contribution in [3.05, 3.63) is 76.9 Å². The number of phenols is 1. The van der Waals surface area contributed by atoms with Crippen LogP contribution in [0.3, 0.4) is 0 Å². The maximum Gasteiger partial charge on any atom is 0.141 e. The van der Waals surface area contributed by atoms with Gasteiger partial charge in [-0.2, -0.15) is 0 Å². The molecule has 0 aliphatic rings. The molecule has 0 fully saturated rings. The van der Waals surface area contributed by atoms with Gasteiger partial charge < -0.3 is 9.67 Å². The second-order valence-electron chi connectivity index (χ2n) is 9.12. The molecule has 0 spiro atoms. The molecule has 35 heavy (non-hydrogen) atoms. The summed E-state index contributed by atoms with van der Waals surface area (Å²) in [4.78, 5) is 9.05. The first kappa shape index (κ1) is 23.6. The van der Waals surface area contributed by atoms with Gasteiger partial charge in [-0.3, -0.25) is 9.98 Å². The number of aliphatic imine (C=N–C) groups is 1. The van der Waals surface area contributed by atoms with Crippen molar-refractivity contribution in [2.24, 2.45) is 4.99 Å². The Morgan fingerprint density at radius 3 is 2.51 bits per heavy atom. The van der Waals surface area contributed by atoms with Crippen molar-refractivity contribution >= 4 is 60.5 Å². The molecular weight excluding hydrogens is 498 g/mol. The average molecular weight is 528 g/mol. The standard InChI is InChI=1S/C30H30BrN3O/c1-2-3-4-5-6-7-17-34-27-13-10-21(18-24(27)25-19-22(31)11-14-28(25)34)20-33-26-12-15-29(35)30-23(26)9-8-16-32-30/h8-16,18-20,35H,2-7,17H2,1H3. The predicted octanol–water partition coefficient (Wildman–Crippen LogP) is 8.92. The molecule has 4 nitrogen and oxygen atoms in total. The number of unbranched alkanes of at least 4 members (excludes halogenated alkanes) is 5. The molecule has 0 unspecified atom stereocenters. The molecule has 5 aromatic rings. The smallest absolute Gasteiger partial charge is 0.141 e. The molecule has 2 heterocycles. The van der Waals surface area contributed by atoms with Gasteiger partial charge in [-0.05, 0) is 66.6 Å². The van der Waals surface area contributed by atoms with Crippen LogP contribution in [0, 0.1) is 0 Å². The number of hydrogen-bond acceptors (Lipinski definition) is 3. The number of nitrogens with zero attached hydrogens (tertiary/aromatic N) is 3. The molecule has 0 aliphatic carbocycles. The Morgan fingerprint density at radius 1 is 0.886 bits per heavy atom. The Morgan fingerprint density at radius 2 is 1.66 bits per heavy atom. The molecule has 0 bridgehead atoms. The van der Waals surface area contributed by atoms with E-state index >= 15 is 0 Å². The Kier molecular flexibility index (Phi) is 7.14. The highest BCUT2D eigenvalue weighted by Crippen LogP contribution is 2.33. The van der Waals surface area contributed by atoms with Gasteiger partial charge in [0.25, 0.3) is 0 Å². The predicted molar refractivity (Wildman–Crippen MR) is 151 cm³/mol. The van der Waals surface area contributed by atoms with E-state index < -0.39 is 0 Å². The quantitative estimate of drug-likeness (QED) is 0.153. The summed E-state index contributed by atoms with van der Waals surface area (Å²) in [5.41, 5.74) is 4.95. The molecule has 0 saturated carbocycles. The van der Waals surface area contributed by atoms with E-state index in [1.807, 2.05) is 24.4 Å². The minimum absolute atomic E-state index is 0.171. The van der Waals surface area contributed by atoms with E-state index in [1.165, 1.54) is 60.3 Å². The molecular formula is C30H30BrN3O. The van der Waals surface area contributed by atoms with Gasteiger partial charge in [-0.25, -0.2) is 0 Å². The van der Waals surface area contributed by atoms with Crippen molar-refractivity contribution < 1.29 is 5.11 Å². The number of hydrogen-bond donors (Lipinski definition) is 1. The lowest BCUT2D eigenvalue weighted by molar-refractivity contribution is 0.480. The SMILES string of the molecule is CCCCCCCCn1c2ccc(Br)cc2c2cc(C=Nc3ccc(O)c4ncccc34)ccc21. The van der Waals surface area contributed by atoms with Crippen molar-refractivity contribution in [2.75, 3.05) is 0 Å². The number of phenolic OH excluding ortho intramolecular Hbond substituents is 1. The van der Waals surface area contributed by atoms with E-state index in [9.17, 15) is 5.11 Å². The largest absolute Gasteiger partial charge is 0.506 e. The molecule has 178 valence electrons. The van der Waals surface area contributed by atoms with Crippen LogP contribution in [-0.2, 0) is 6.54 Å². The molecule has 5 rings (SSSR count). The van der Waals surface area contributed by atoms with Crippen LogP contribution in [0.4, 0.5) is 5.69 Å². The fraction of sp³-hybridized carbons (Fsp3) is 0.267. The first-order chi connectivity index (χ1) is 17.2. The van der Waals surface area contributed by atoms with Gasteiger partial charge in [0, 0.05) is 50.6 Å². The summed E-state index contributed by atoms with van der Waals surface area (Å²) in [5, 5.41) is 13.5. The van der Waals surface area contributed by atoms with Crippen molar-refractivity contribution in [1.29, 1.82) is 0 Å². The van der Waals surface area contributed by atoms with Crippen molar-refractivity contribution in [1.82, 2.24) is 9.55 Å². The number of rotatable bonds is 9. The van der Waals surface area contributed by atoms with Gasteiger partial charge in [0.1, 0.15) is 11.3 Å². The number of aromatic hydroxyl groups is 1. The van der Waals surface area contributed by atoms with Crippen LogP contribution >= 0.6 is 15.9 Å². The highest BCUT2D eigenvalue weighted by molar-refractivity contribution is 9.10. The summed E-state index contributed by atoms with van der Waals surface area (Å²) in [7, 11) is 0. The third kappa shape index (κ3) is 4.96. The number of fused-ring (bicyclic) bond motifs is 4. The minimum atomic E-state index is 0.171. The summed E-state index contributed by atoms with van der Waals surface area (Å²) >= 11 is 3.66. The maximum absolute atomic E-state index is 10.1.